The number of amides is 2. The number of aliphatic hydroxyl groups is 1. The zero-order valence-corrected chi connectivity index (χ0v) is 9.93. The summed E-state index contributed by atoms with van der Waals surface area (Å²) in [6.45, 7) is 6.40. The number of nitrogens with zero attached hydrogens (tertiary/aromatic N) is 1. The zero-order chi connectivity index (χ0) is 12.7. The Labute approximate surface area is 95.2 Å². The Kier molecular flexibility index (Phi) is 6.48. The van der Waals surface area contributed by atoms with Gasteiger partial charge in [0, 0.05) is 25.6 Å². The summed E-state index contributed by atoms with van der Waals surface area (Å²) >= 11 is 0. The van der Waals surface area contributed by atoms with Gasteiger partial charge in [-0.2, -0.15) is 0 Å². The fourth-order valence-electron chi connectivity index (χ4n) is 1.28. The monoisotopic (exact) mass is 232 g/mol. The second kappa shape index (κ2) is 7.05. The number of carboxylic acid groups (broad SMARTS) is 1. The third kappa shape index (κ3) is 4.97. The largest absolute Gasteiger partial charge is 0.479 e. The van der Waals surface area contributed by atoms with Crippen LogP contribution in [0.2, 0.25) is 0 Å². The van der Waals surface area contributed by atoms with Crippen LogP contribution in [0.5, 0.6) is 0 Å². The van der Waals surface area contributed by atoms with E-state index in [0.717, 1.165) is 0 Å². The van der Waals surface area contributed by atoms with Crippen molar-refractivity contribution in [1.82, 2.24) is 10.2 Å². The van der Waals surface area contributed by atoms with E-state index in [9.17, 15) is 9.59 Å². The third-order valence-corrected chi connectivity index (χ3v) is 2.20. The Morgan fingerprint density at radius 2 is 1.94 bits per heavy atom. The molecule has 0 saturated carbocycles. The third-order valence-electron chi connectivity index (χ3n) is 2.20. The molecule has 1 atom stereocenters. The van der Waals surface area contributed by atoms with Crippen molar-refractivity contribution in [3.63, 3.8) is 0 Å². The van der Waals surface area contributed by atoms with E-state index in [1.807, 2.05) is 20.8 Å². The standard InChI is InChI=1S/C10H20N2O4/c1-4-12(7(2)3)10(16)11-6-5-8(13)9(14)15/h7-8,13H,4-6H2,1-3H3,(H,11,16)(H,14,15)/t8-/m0/s1. The van der Waals surface area contributed by atoms with Crippen molar-refractivity contribution in [3.05, 3.63) is 0 Å². The van der Waals surface area contributed by atoms with E-state index in [4.69, 9.17) is 10.2 Å². The predicted octanol–water partition coefficient (Wildman–Crippen LogP) is 0.262. The van der Waals surface area contributed by atoms with Crippen LogP contribution in [-0.4, -0.2) is 52.3 Å². The second-order valence-corrected chi connectivity index (χ2v) is 3.75. The fraction of sp³-hybridized carbons (Fsp3) is 0.800. The molecule has 2 amide bonds. The summed E-state index contributed by atoms with van der Waals surface area (Å²) in [5.74, 6) is -1.27. The number of hydrogen-bond donors (Lipinski definition) is 3. The lowest BCUT2D eigenvalue weighted by Gasteiger charge is -2.25. The number of carbonyl (C=O) groups excluding carboxylic acids is 1. The number of nitrogens with one attached hydrogen (secondary N) is 1. The number of aliphatic carboxylic acids is 1. The molecule has 6 heteroatoms. The van der Waals surface area contributed by atoms with Crippen molar-refractivity contribution >= 4 is 12.0 Å². The number of carbonyl (C=O) groups is 2. The molecular formula is C10H20N2O4. The first-order valence-corrected chi connectivity index (χ1v) is 5.35. The molecule has 0 bridgehead atoms. The molecular weight excluding hydrogens is 212 g/mol. The molecule has 0 aliphatic carbocycles. The highest BCUT2D eigenvalue weighted by Gasteiger charge is 2.16. The number of carboxylic acids is 1. The van der Waals surface area contributed by atoms with Gasteiger partial charge in [0.15, 0.2) is 6.10 Å². The van der Waals surface area contributed by atoms with Gasteiger partial charge in [-0.25, -0.2) is 9.59 Å². The quantitative estimate of drug-likeness (QED) is 0.613. The topological polar surface area (TPSA) is 89.9 Å². The molecule has 0 rings (SSSR count). The lowest BCUT2D eigenvalue weighted by Crippen LogP contribution is -2.44. The van der Waals surface area contributed by atoms with Gasteiger partial charge in [-0.15, -0.1) is 0 Å². The molecule has 0 saturated heterocycles. The van der Waals surface area contributed by atoms with Crippen molar-refractivity contribution in [2.45, 2.75) is 39.3 Å². The minimum Gasteiger partial charge on any atom is -0.479 e. The van der Waals surface area contributed by atoms with E-state index >= 15 is 0 Å². The number of rotatable bonds is 6. The van der Waals surface area contributed by atoms with Gasteiger partial charge in [0.2, 0.25) is 0 Å². The molecule has 0 aromatic carbocycles. The first kappa shape index (κ1) is 14.7. The maximum Gasteiger partial charge on any atom is 0.332 e. The minimum absolute atomic E-state index is 0.0106. The second-order valence-electron chi connectivity index (χ2n) is 3.75. The molecule has 6 nitrogen and oxygen atoms in total. The molecule has 0 aromatic heterocycles. The van der Waals surface area contributed by atoms with Crippen LogP contribution in [0, 0.1) is 0 Å². The average molecular weight is 232 g/mol. The van der Waals surface area contributed by atoms with Crippen molar-refractivity contribution in [2.24, 2.45) is 0 Å². The first-order valence-electron chi connectivity index (χ1n) is 5.35. The summed E-state index contributed by atoms with van der Waals surface area (Å²) in [6.07, 6.45) is -1.41. The van der Waals surface area contributed by atoms with Crippen molar-refractivity contribution in [2.75, 3.05) is 13.1 Å². The average Bonchev–Trinajstić information content (AvgIpc) is 2.17. The molecule has 0 spiro atoms. The Morgan fingerprint density at radius 1 is 1.38 bits per heavy atom. The maximum absolute atomic E-state index is 11.6. The van der Waals surface area contributed by atoms with Gasteiger partial charge in [0.05, 0.1) is 0 Å². The molecule has 94 valence electrons. The summed E-state index contributed by atoms with van der Waals surface area (Å²) in [7, 11) is 0. The lowest BCUT2D eigenvalue weighted by atomic mass is 10.2. The van der Waals surface area contributed by atoms with E-state index in [1.165, 1.54) is 0 Å². The number of hydrogen-bond acceptors (Lipinski definition) is 3. The molecule has 0 aliphatic heterocycles. The van der Waals surface area contributed by atoms with E-state index in [2.05, 4.69) is 5.32 Å². The van der Waals surface area contributed by atoms with Crippen molar-refractivity contribution in [1.29, 1.82) is 0 Å². The molecule has 0 aromatic rings. The van der Waals surface area contributed by atoms with Gasteiger partial charge in [0.1, 0.15) is 0 Å². The van der Waals surface area contributed by atoms with Crippen LogP contribution in [0.15, 0.2) is 0 Å². The highest BCUT2D eigenvalue weighted by atomic mass is 16.4. The van der Waals surface area contributed by atoms with Crippen molar-refractivity contribution in [3.8, 4) is 0 Å². The summed E-state index contributed by atoms with van der Waals surface area (Å²) < 4.78 is 0. The van der Waals surface area contributed by atoms with Gasteiger partial charge in [-0.1, -0.05) is 0 Å². The molecule has 3 N–H and O–H groups in total. The summed E-state index contributed by atoms with van der Waals surface area (Å²) in [5, 5.41) is 20.0. The van der Waals surface area contributed by atoms with Crippen LogP contribution in [0.25, 0.3) is 0 Å². The van der Waals surface area contributed by atoms with Gasteiger partial charge in [-0.05, 0) is 20.8 Å². The molecule has 0 heterocycles. The number of aliphatic hydroxyl groups excluding tert-OH is 1. The maximum atomic E-state index is 11.6. The van der Waals surface area contributed by atoms with Crippen LogP contribution >= 0.6 is 0 Å². The van der Waals surface area contributed by atoms with Crippen LogP contribution < -0.4 is 5.32 Å². The molecule has 0 aliphatic rings. The van der Waals surface area contributed by atoms with Crippen LogP contribution in [0.1, 0.15) is 27.2 Å². The van der Waals surface area contributed by atoms with Crippen LogP contribution in [-0.2, 0) is 4.79 Å². The van der Waals surface area contributed by atoms with E-state index < -0.39 is 12.1 Å². The summed E-state index contributed by atoms with van der Waals surface area (Å²) in [4.78, 5) is 23.5. The SMILES string of the molecule is CCN(C(=O)NCC[C@H](O)C(=O)O)C(C)C. The Balaban J connectivity index is 3.93. The highest BCUT2D eigenvalue weighted by Crippen LogP contribution is 1.98. The van der Waals surface area contributed by atoms with Gasteiger partial charge < -0.3 is 20.4 Å². The van der Waals surface area contributed by atoms with Gasteiger partial charge in [-0.3, -0.25) is 0 Å². The van der Waals surface area contributed by atoms with E-state index in [-0.39, 0.29) is 25.0 Å². The predicted molar refractivity (Wildman–Crippen MR) is 59.2 cm³/mol. The molecule has 16 heavy (non-hydrogen) atoms. The van der Waals surface area contributed by atoms with E-state index in [1.54, 1.807) is 4.90 Å². The molecule has 0 unspecified atom stereocenters. The van der Waals surface area contributed by atoms with Crippen LogP contribution in [0.3, 0.4) is 0 Å². The van der Waals surface area contributed by atoms with Crippen LogP contribution in [0.4, 0.5) is 4.79 Å². The highest BCUT2D eigenvalue weighted by molar-refractivity contribution is 5.75. The Bertz CT molecular complexity index is 243. The zero-order valence-electron chi connectivity index (χ0n) is 9.93. The van der Waals surface area contributed by atoms with Gasteiger partial charge >= 0.3 is 12.0 Å². The normalized spacial score (nSPS) is 12.3. The molecule has 0 fully saturated rings. The van der Waals surface area contributed by atoms with Crippen molar-refractivity contribution < 1.29 is 19.8 Å². The number of urea groups is 1. The Morgan fingerprint density at radius 3 is 2.31 bits per heavy atom. The molecule has 0 radical (unpaired) electrons. The minimum atomic E-state index is -1.42. The lowest BCUT2D eigenvalue weighted by molar-refractivity contribution is -0.146. The van der Waals surface area contributed by atoms with Gasteiger partial charge in [0.25, 0.3) is 0 Å². The smallest absolute Gasteiger partial charge is 0.332 e. The Hall–Kier alpha value is -1.30. The first-order chi connectivity index (χ1) is 7.40. The van der Waals surface area contributed by atoms with E-state index in [0.29, 0.717) is 6.54 Å². The summed E-state index contributed by atoms with van der Waals surface area (Å²) in [6, 6.07) is -0.149. The fourth-order valence-corrected chi connectivity index (χ4v) is 1.28. The summed E-state index contributed by atoms with van der Waals surface area (Å²) in [5.41, 5.74) is 0.